The first-order valence-corrected chi connectivity index (χ1v) is 10.7. The first kappa shape index (κ1) is 19.1. The normalized spacial score (nSPS) is 12.1. The Bertz CT molecular complexity index is 1470. The van der Waals surface area contributed by atoms with Gasteiger partial charge in [0.05, 0.1) is 25.6 Å². The van der Waals surface area contributed by atoms with Gasteiger partial charge in [0.25, 0.3) is 5.56 Å². The molecule has 0 spiro atoms. The maximum absolute atomic E-state index is 12.9. The monoisotopic (exact) mass is 452 g/mol. The number of benzene rings is 3. The van der Waals surface area contributed by atoms with E-state index in [1.807, 2.05) is 54.6 Å². The summed E-state index contributed by atoms with van der Waals surface area (Å²) < 4.78 is 8.01. The van der Waals surface area contributed by atoms with Gasteiger partial charge in [0.1, 0.15) is 6.61 Å². The highest BCUT2D eigenvalue weighted by Crippen LogP contribution is 2.35. The summed E-state index contributed by atoms with van der Waals surface area (Å²) >= 11 is 14.2. The van der Waals surface area contributed by atoms with E-state index in [0.717, 1.165) is 22.2 Å². The Hall–Kier alpha value is -2.86. The molecule has 30 heavy (non-hydrogen) atoms. The van der Waals surface area contributed by atoms with E-state index in [2.05, 4.69) is 4.98 Å². The Labute approximate surface area is 185 Å². The van der Waals surface area contributed by atoms with Crippen molar-refractivity contribution in [1.29, 1.82) is 0 Å². The molecule has 0 saturated carbocycles. The van der Waals surface area contributed by atoms with Gasteiger partial charge < -0.3 is 4.74 Å². The summed E-state index contributed by atoms with van der Waals surface area (Å²) in [7, 11) is 0. The molecular weight excluding hydrogens is 439 g/mol. The van der Waals surface area contributed by atoms with Crippen molar-refractivity contribution in [3.05, 3.63) is 103 Å². The van der Waals surface area contributed by atoms with Crippen LogP contribution in [0, 0.1) is 0 Å². The van der Waals surface area contributed by atoms with E-state index in [9.17, 15) is 4.79 Å². The molecule has 0 aliphatic rings. The van der Waals surface area contributed by atoms with Crippen LogP contribution >= 0.6 is 34.5 Å². The summed E-state index contributed by atoms with van der Waals surface area (Å²) in [5, 5.41) is 0.785. The molecule has 0 atom stereocenters. The molecule has 5 aromatic rings. The van der Waals surface area contributed by atoms with E-state index in [1.165, 1.54) is 11.3 Å². The van der Waals surface area contributed by atoms with E-state index in [0.29, 0.717) is 31.9 Å². The summed E-state index contributed by atoms with van der Waals surface area (Å²) in [5.74, 6) is 0.425. The predicted molar refractivity (Wildman–Crippen MR) is 123 cm³/mol. The van der Waals surface area contributed by atoms with Crippen LogP contribution in [-0.2, 0) is 6.61 Å². The van der Waals surface area contributed by atoms with Gasteiger partial charge in [-0.2, -0.15) is 0 Å². The van der Waals surface area contributed by atoms with Gasteiger partial charge in [-0.1, -0.05) is 77.0 Å². The number of para-hydroxylation sites is 2. The molecule has 0 amide bonds. The van der Waals surface area contributed by atoms with E-state index >= 15 is 0 Å². The average Bonchev–Trinajstić information content (AvgIpc) is 3.24. The third-order valence-electron chi connectivity index (χ3n) is 4.69. The molecular formula is C23H14Cl2N2O2S. The number of ether oxygens (including phenoxy) is 1. The Morgan fingerprint density at radius 1 is 1.00 bits per heavy atom. The maximum atomic E-state index is 12.9. The standard InChI is InChI=1S/C23H14Cl2N2O2S/c24-16-10-15(11-17(25)21(16)29-13-14-6-2-1-3-7-14)12-20-22(28)27-19-9-5-4-8-18(19)26-23(27)30-20/h1-12H,13H2/b20-12-. The molecule has 0 saturated heterocycles. The Morgan fingerprint density at radius 2 is 1.70 bits per heavy atom. The fraction of sp³-hybridized carbons (Fsp3) is 0.0435. The van der Waals surface area contributed by atoms with Gasteiger partial charge in [-0.3, -0.25) is 4.79 Å². The predicted octanol–water partition coefficient (Wildman–Crippen LogP) is 5.34. The van der Waals surface area contributed by atoms with Gasteiger partial charge in [-0.25, -0.2) is 9.38 Å². The van der Waals surface area contributed by atoms with Crippen LogP contribution in [0.3, 0.4) is 0 Å². The van der Waals surface area contributed by atoms with Gasteiger partial charge >= 0.3 is 0 Å². The number of aromatic nitrogens is 2. The van der Waals surface area contributed by atoms with E-state index < -0.39 is 0 Å². The lowest BCUT2D eigenvalue weighted by Gasteiger charge is -2.11. The molecule has 0 radical (unpaired) electrons. The van der Waals surface area contributed by atoms with Crippen molar-refractivity contribution in [3.8, 4) is 5.75 Å². The Balaban J connectivity index is 1.51. The van der Waals surface area contributed by atoms with Crippen LogP contribution in [0.5, 0.6) is 5.75 Å². The Kier molecular flexibility index (Phi) is 4.95. The van der Waals surface area contributed by atoms with Crippen LogP contribution < -0.4 is 14.8 Å². The zero-order chi connectivity index (χ0) is 20.7. The number of imidazole rings is 1. The van der Waals surface area contributed by atoms with Crippen molar-refractivity contribution in [2.75, 3.05) is 0 Å². The number of hydrogen-bond donors (Lipinski definition) is 0. The van der Waals surface area contributed by atoms with Crippen molar-refractivity contribution in [3.63, 3.8) is 0 Å². The molecule has 7 heteroatoms. The first-order chi connectivity index (χ1) is 14.6. The van der Waals surface area contributed by atoms with Crippen LogP contribution in [0.1, 0.15) is 11.1 Å². The fourth-order valence-electron chi connectivity index (χ4n) is 3.29. The molecule has 0 aliphatic heterocycles. The van der Waals surface area contributed by atoms with Gasteiger partial charge in [0.15, 0.2) is 10.7 Å². The molecule has 0 fully saturated rings. The topological polar surface area (TPSA) is 43.6 Å². The first-order valence-electron chi connectivity index (χ1n) is 9.17. The minimum absolute atomic E-state index is 0.111. The summed E-state index contributed by atoms with van der Waals surface area (Å²) in [6.45, 7) is 0.364. The zero-order valence-corrected chi connectivity index (χ0v) is 17.8. The SMILES string of the molecule is O=c1/c(=C/c2cc(Cl)c(OCc3ccccc3)c(Cl)c2)sc2nc3ccccc3n12. The third-order valence-corrected chi connectivity index (χ3v) is 6.22. The minimum atomic E-state index is -0.111. The van der Waals surface area contributed by atoms with Crippen LogP contribution in [0.25, 0.3) is 22.1 Å². The lowest BCUT2D eigenvalue weighted by molar-refractivity contribution is 0.306. The van der Waals surface area contributed by atoms with Crippen molar-refractivity contribution in [2.24, 2.45) is 0 Å². The van der Waals surface area contributed by atoms with Crippen LogP contribution in [0.4, 0.5) is 0 Å². The number of nitrogens with zero attached hydrogens (tertiary/aromatic N) is 2. The molecule has 0 aliphatic carbocycles. The van der Waals surface area contributed by atoms with Gasteiger partial charge in [0, 0.05) is 0 Å². The van der Waals surface area contributed by atoms with Crippen LogP contribution in [-0.4, -0.2) is 9.38 Å². The van der Waals surface area contributed by atoms with E-state index in [1.54, 1.807) is 22.6 Å². The fourth-order valence-corrected chi connectivity index (χ4v) is 4.89. The van der Waals surface area contributed by atoms with Crippen molar-refractivity contribution in [1.82, 2.24) is 9.38 Å². The Morgan fingerprint density at radius 3 is 2.47 bits per heavy atom. The highest BCUT2D eigenvalue weighted by Gasteiger charge is 2.12. The lowest BCUT2D eigenvalue weighted by atomic mass is 10.2. The summed E-state index contributed by atoms with van der Waals surface area (Å²) in [6.07, 6.45) is 1.77. The largest absolute Gasteiger partial charge is 0.486 e. The second-order valence-electron chi connectivity index (χ2n) is 6.72. The van der Waals surface area contributed by atoms with Gasteiger partial charge in [-0.05, 0) is 41.5 Å². The molecule has 3 aromatic carbocycles. The summed E-state index contributed by atoms with van der Waals surface area (Å²) in [6, 6.07) is 20.8. The highest BCUT2D eigenvalue weighted by molar-refractivity contribution is 7.15. The molecule has 5 rings (SSSR count). The quantitative estimate of drug-likeness (QED) is 0.369. The second kappa shape index (κ2) is 7.76. The molecule has 0 bridgehead atoms. The number of thiazole rings is 1. The van der Waals surface area contributed by atoms with Crippen molar-refractivity contribution >= 4 is 56.6 Å². The second-order valence-corrected chi connectivity index (χ2v) is 8.55. The van der Waals surface area contributed by atoms with Crippen molar-refractivity contribution < 1.29 is 4.74 Å². The maximum Gasteiger partial charge on any atom is 0.274 e. The number of hydrogen-bond acceptors (Lipinski definition) is 4. The summed E-state index contributed by atoms with van der Waals surface area (Å²) in [4.78, 5) is 18.1. The van der Waals surface area contributed by atoms with Crippen LogP contribution in [0.15, 0.2) is 71.5 Å². The molecule has 2 heterocycles. The smallest absolute Gasteiger partial charge is 0.274 e. The molecule has 148 valence electrons. The number of fused-ring (bicyclic) bond motifs is 3. The molecule has 2 aromatic heterocycles. The van der Waals surface area contributed by atoms with E-state index in [-0.39, 0.29) is 5.56 Å². The van der Waals surface area contributed by atoms with Gasteiger partial charge in [0.2, 0.25) is 0 Å². The lowest BCUT2D eigenvalue weighted by Crippen LogP contribution is -2.22. The van der Waals surface area contributed by atoms with Crippen LogP contribution in [0.2, 0.25) is 10.0 Å². The average molecular weight is 453 g/mol. The number of rotatable bonds is 4. The summed E-state index contributed by atoms with van der Waals surface area (Å²) in [5.41, 5.74) is 3.24. The molecule has 0 N–H and O–H groups in total. The van der Waals surface area contributed by atoms with E-state index in [4.69, 9.17) is 27.9 Å². The van der Waals surface area contributed by atoms with Crippen molar-refractivity contribution in [2.45, 2.75) is 6.61 Å². The molecule has 0 unspecified atom stereocenters. The third kappa shape index (κ3) is 3.45. The minimum Gasteiger partial charge on any atom is -0.486 e. The zero-order valence-electron chi connectivity index (χ0n) is 15.5. The highest BCUT2D eigenvalue weighted by atomic mass is 35.5. The van der Waals surface area contributed by atoms with Gasteiger partial charge in [-0.15, -0.1) is 0 Å². The number of halogens is 2. The molecule has 4 nitrogen and oxygen atoms in total.